The van der Waals surface area contributed by atoms with Crippen molar-refractivity contribution < 1.29 is 23.0 Å². The van der Waals surface area contributed by atoms with Crippen LogP contribution in [0, 0.1) is 17.6 Å². The molecule has 6 nitrogen and oxygen atoms in total. The molecule has 1 fully saturated rings. The van der Waals surface area contributed by atoms with Crippen LogP contribution in [0.15, 0.2) is 36.4 Å². The molecular weight excluding hydrogens is 392 g/mol. The molecule has 1 saturated heterocycles. The summed E-state index contributed by atoms with van der Waals surface area (Å²) in [5, 5.41) is 5.74. The predicted molar refractivity (Wildman–Crippen MR) is 111 cm³/mol. The molecule has 0 saturated carbocycles. The maximum absolute atomic E-state index is 13.4. The van der Waals surface area contributed by atoms with E-state index in [4.69, 9.17) is 9.47 Å². The van der Waals surface area contributed by atoms with E-state index in [0.29, 0.717) is 31.7 Å². The summed E-state index contributed by atoms with van der Waals surface area (Å²) in [5.74, 6) is 0.00250. The highest BCUT2D eigenvalue weighted by atomic mass is 19.2. The van der Waals surface area contributed by atoms with E-state index >= 15 is 0 Å². The Bertz CT molecular complexity index is 879. The van der Waals surface area contributed by atoms with Gasteiger partial charge in [0.15, 0.2) is 11.6 Å². The minimum Gasteiger partial charge on any atom is -0.497 e. The largest absolute Gasteiger partial charge is 0.497 e. The molecule has 3 rings (SSSR count). The number of rotatable bonds is 8. The second kappa shape index (κ2) is 10.1. The van der Waals surface area contributed by atoms with Crippen LogP contribution in [0.4, 0.5) is 19.3 Å². The van der Waals surface area contributed by atoms with Crippen molar-refractivity contribution >= 4 is 11.7 Å². The van der Waals surface area contributed by atoms with Crippen LogP contribution in [0.3, 0.4) is 0 Å². The SMILES string of the molecule is COc1ccc(CCNC(=O)NCC2CCN(c3ccc(F)c(F)c3)C2)c(OC)c1. The second-order valence-corrected chi connectivity index (χ2v) is 7.26. The highest BCUT2D eigenvalue weighted by Crippen LogP contribution is 2.26. The molecule has 1 atom stereocenters. The lowest BCUT2D eigenvalue weighted by Crippen LogP contribution is -2.39. The molecule has 1 heterocycles. The van der Waals surface area contributed by atoms with Crippen LogP contribution in [0.1, 0.15) is 12.0 Å². The Morgan fingerprint density at radius 3 is 2.67 bits per heavy atom. The van der Waals surface area contributed by atoms with Crippen molar-refractivity contribution in [1.82, 2.24) is 10.6 Å². The molecule has 1 unspecified atom stereocenters. The van der Waals surface area contributed by atoms with Crippen molar-refractivity contribution in [3.63, 3.8) is 0 Å². The second-order valence-electron chi connectivity index (χ2n) is 7.26. The highest BCUT2D eigenvalue weighted by Gasteiger charge is 2.23. The lowest BCUT2D eigenvalue weighted by molar-refractivity contribution is 0.239. The minimum absolute atomic E-state index is 0.228. The zero-order valence-corrected chi connectivity index (χ0v) is 17.2. The summed E-state index contributed by atoms with van der Waals surface area (Å²) in [6.07, 6.45) is 1.51. The number of carbonyl (C=O) groups is 1. The van der Waals surface area contributed by atoms with Crippen LogP contribution < -0.4 is 25.0 Å². The van der Waals surface area contributed by atoms with Crippen molar-refractivity contribution in [3.05, 3.63) is 53.6 Å². The maximum Gasteiger partial charge on any atom is 0.314 e. The molecule has 0 spiro atoms. The van der Waals surface area contributed by atoms with Gasteiger partial charge in [-0.2, -0.15) is 0 Å². The van der Waals surface area contributed by atoms with Crippen molar-refractivity contribution in [2.24, 2.45) is 5.92 Å². The number of carbonyl (C=O) groups excluding carboxylic acids is 1. The van der Waals surface area contributed by atoms with Crippen molar-refractivity contribution in [3.8, 4) is 11.5 Å². The van der Waals surface area contributed by atoms with E-state index in [9.17, 15) is 13.6 Å². The van der Waals surface area contributed by atoms with Crippen molar-refractivity contribution in [1.29, 1.82) is 0 Å². The predicted octanol–water partition coefficient (Wildman–Crippen LogP) is 3.35. The summed E-state index contributed by atoms with van der Waals surface area (Å²) in [7, 11) is 3.20. The standard InChI is InChI=1S/C22H27F2N3O3/c1-29-18-5-3-16(21(12-18)30-2)7-9-25-22(28)26-13-15-8-10-27(14-15)17-4-6-19(23)20(24)11-17/h3-6,11-12,15H,7-10,13-14H2,1-2H3,(H2,25,26,28). The van der Waals surface area contributed by atoms with Gasteiger partial charge in [-0.25, -0.2) is 13.6 Å². The van der Waals surface area contributed by atoms with Crippen LogP contribution in [0.25, 0.3) is 0 Å². The molecule has 0 aliphatic carbocycles. The Kier molecular flexibility index (Phi) is 7.32. The summed E-state index contributed by atoms with van der Waals surface area (Å²) in [6.45, 7) is 2.43. The third-order valence-electron chi connectivity index (χ3n) is 5.28. The molecule has 2 aromatic rings. The molecule has 30 heavy (non-hydrogen) atoms. The lowest BCUT2D eigenvalue weighted by Gasteiger charge is -2.19. The number of methoxy groups -OCH3 is 2. The smallest absolute Gasteiger partial charge is 0.314 e. The van der Waals surface area contributed by atoms with Crippen LogP contribution in [-0.2, 0) is 6.42 Å². The average Bonchev–Trinajstić information content (AvgIpc) is 3.23. The molecule has 162 valence electrons. The van der Waals surface area contributed by atoms with Crippen LogP contribution >= 0.6 is 0 Å². The Balaban J connectivity index is 1.39. The summed E-state index contributed by atoms with van der Waals surface area (Å²) in [4.78, 5) is 14.1. The van der Waals surface area contributed by atoms with E-state index in [-0.39, 0.29) is 11.9 Å². The summed E-state index contributed by atoms with van der Waals surface area (Å²) < 4.78 is 37.1. The fraction of sp³-hybridized carbons (Fsp3) is 0.409. The first-order chi connectivity index (χ1) is 14.5. The number of benzene rings is 2. The van der Waals surface area contributed by atoms with Gasteiger partial charge in [0, 0.05) is 44.0 Å². The van der Waals surface area contributed by atoms with Crippen molar-refractivity contribution in [2.75, 3.05) is 45.3 Å². The van der Waals surface area contributed by atoms with Gasteiger partial charge in [-0.05, 0) is 42.5 Å². The zero-order chi connectivity index (χ0) is 21.5. The first-order valence-corrected chi connectivity index (χ1v) is 9.92. The van der Waals surface area contributed by atoms with Crippen LogP contribution in [0.5, 0.6) is 11.5 Å². The van der Waals surface area contributed by atoms with Gasteiger partial charge >= 0.3 is 6.03 Å². The Labute approximate surface area is 175 Å². The van der Waals surface area contributed by atoms with Gasteiger partial charge in [0.25, 0.3) is 0 Å². The summed E-state index contributed by atoms with van der Waals surface area (Å²) >= 11 is 0. The zero-order valence-electron chi connectivity index (χ0n) is 17.2. The maximum atomic E-state index is 13.4. The molecular formula is C22H27F2N3O3. The third kappa shape index (κ3) is 5.52. The number of hydrogen-bond acceptors (Lipinski definition) is 4. The van der Waals surface area contributed by atoms with Crippen LogP contribution in [0.2, 0.25) is 0 Å². The normalized spacial score (nSPS) is 15.7. The molecule has 8 heteroatoms. The van der Waals surface area contributed by atoms with Crippen LogP contribution in [-0.4, -0.2) is 46.4 Å². The molecule has 0 bridgehead atoms. The molecule has 2 aromatic carbocycles. The van der Waals surface area contributed by atoms with E-state index in [0.717, 1.165) is 36.1 Å². The van der Waals surface area contributed by atoms with E-state index in [1.165, 1.54) is 6.07 Å². The molecule has 1 aliphatic rings. The van der Waals surface area contributed by atoms with Gasteiger partial charge in [-0.1, -0.05) is 6.07 Å². The number of urea groups is 1. The fourth-order valence-corrected chi connectivity index (χ4v) is 3.58. The minimum atomic E-state index is -0.847. The lowest BCUT2D eigenvalue weighted by atomic mass is 10.1. The Morgan fingerprint density at radius 2 is 1.93 bits per heavy atom. The van der Waals surface area contributed by atoms with Crippen molar-refractivity contribution in [2.45, 2.75) is 12.8 Å². The quantitative estimate of drug-likeness (QED) is 0.689. The fourth-order valence-electron chi connectivity index (χ4n) is 3.58. The number of ether oxygens (including phenoxy) is 2. The van der Waals surface area contributed by atoms with Gasteiger partial charge in [0.05, 0.1) is 14.2 Å². The van der Waals surface area contributed by atoms with E-state index in [1.807, 2.05) is 23.1 Å². The molecule has 1 aliphatic heterocycles. The number of anilines is 1. The first-order valence-electron chi connectivity index (χ1n) is 9.92. The monoisotopic (exact) mass is 419 g/mol. The van der Waals surface area contributed by atoms with Gasteiger partial charge in [0.2, 0.25) is 0 Å². The van der Waals surface area contributed by atoms with E-state index in [1.54, 1.807) is 20.3 Å². The van der Waals surface area contributed by atoms with Gasteiger partial charge in [-0.15, -0.1) is 0 Å². The topological polar surface area (TPSA) is 62.8 Å². The molecule has 2 amide bonds. The van der Waals surface area contributed by atoms with Gasteiger partial charge in [-0.3, -0.25) is 0 Å². The Hall–Kier alpha value is -3.03. The molecule has 0 radical (unpaired) electrons. The number of hydrogen-bond donors (Lipinski definition) is 2. The highest BCUT2D eigenvalue weighted by molar-refractivity contribution is 5.73. The third-order valence-corrected chi connectivity index (χ3v) is 5.28. The number of nitrogens with one attached hydrogen (secondary N) is 2. The van der Waals surface area contributed by atoms with E-state index in [2.05, 4.69) is 10.6 Å². The molecule has 0 aromatic heterocycles. The average molecular weight is 419 g/mol. The number of nitrogens with zero attached hydrogens (tertiary/aromatic N) is 1. The first kappa shape index (κ1) is 21.7. The number of amides is 2. The summed E-state index contributed by atoms with van der Waals surface area (Å²) in [6, 6.07) is 9.29. The number of halogens is 2. The molecule has 2 N–H and O–H groups in total. The van der Waals surface area contributed by atoms with Gasteiger partial charge < -0.3 is 25.0 Å². The Morgan fingerprint density at radius 1 is 1.10 bits per heavy atom. The van der Waals surface area contributed by atoms with E-state index < -0.39 is 11.6 Å². The van der Waals surface area contributed by atoms with Gasteiger partial charge in [0.1, 0.15) is 11.5 Å². The summed E-state index contributed by atoms with van der Waals surface area (Å²) in [5.41, 5.74) is 1.64.